The van der Waals surface area contributed by atoms with E-state index in [0.29, 0.717) is 30.2 Å². The average molecular weight is 419 g/mol. The van der Waals surface area contributed by atoms with E-state index in [1.165, 1.54) is 0 Å². The minimum absolute atomic E-state index is 0.207. The molecule has 4 rings (SSSR count). The molecule has 0 saturated heterocycles. The van der Waals surface area contributed by atoms with E-state index in [-0.39, 0.29) is 5.91 Å². The van der Waals surface area contributed by atoms with Crippen LogP contribution in [0.25, 0.3) is 11.0 Å². The number of pyridine rings is 1. The molecule has 0 atom stereocenters. The molecule has 0 radical (unpaired) electrons. The van der Waals surface area contributed by atoms with Crippen molar-refractivity contribution in [2.24, 2.45) is 0 Å². The second-order valence-corrected chi connectivity index (χ2v) is 7.66. The minimum atomic E-state index is -0.207. The van der Waals surface area contributed by atoms with Crippen LogP contribution < -0.4 is 5.32 Å². The topological polar surface area (TPSA) is 86.9 Å². The molecule has 8 heteroatoms. The number of nitrogens with zero attached hydrogens (tertiary/aromatic N) is 5. The fraction of sp³-hybridized carbons (Fsp3) is 0.304. The molecule has 0 spiro atoms. The summed E-state index contributed by atoms with van der Waals surface area (Å²) in [6, 6.07) is 11.9. The largest absolute Gasteiger partial charge is 0.362 e. The van der Waals surface area contributed by atoms with Crippen LogP contribution in [0, 0.1) is 27.7 Å². The third-order valence-corrected chi connectivity index (χ3v) is 5.30. The van der Waals surface area contributed by atoms with Crippen molar-refractivity contribution < 1.29 is 9.53 Å². The summed E-state index contributed by atoms with van der Waals surface area (Å²) in [7, 11) is 1.61. The number of methoxy groups -OCH3 is 1. The maximum Gasteiger partial charge on any atom is 0.256 e. The van der Waals surface area contributed by atoms with Crippen LogP contribution in [0.4, 0.5) is 5.69 Å². The molecule has 3 aromatic heterocycles. The van der Waals surface area contributed by atoms with Gasteiger partial charge in [0.1, 0.15) is 6.73 Å². The third kappa shape index (κ3) is 3.94. The molecule has 1 aromatic carbocycles. The number of fused-ring (bicyclic) bond motifs is 1. The second kappa shape index (κ2) is 8.31. The van der Waals surface area contributed by atoms with Gasteiger partial charge in [0.05, 0.1) is 40.3 Å². The molecule has 0 saturated carbocycles. The van der Waals surface area contributed by atoms with E-state index in [4.69, 9.17) is 9.72 Å². The van der Waals surface area contributed by atoms with Gasteiger partial charge in [0, 0.05) is 12.8 Å². The number of nitrogens with one attached hydrogen (secondary N) is 1. The number of benzene rings is 1. The van der Waals surface area contributed by atoms with Crippen molar-refractivity contribution in [3.63, 3.8) is 0 Å². The number of amides is 1. The first-order valence-corrected chi connectivity index (χ1v) is 10.1. The number of hydrogen-bond acceptors (Lipinski definition) is 5. The highest BCUT2D eigenvalue weighted by atomic mass is 16.5. The van der Waals surface area contributed by atoms with Gasteiger partial charge in [0.15, 0.2) is 5.65 Å². The first-order chi connectivity index (χ1) is 14.9. The smallest absolute Gasteiger partial charge is 0.256 e. The van der Waals surface area contributed by atoms with Gasteiger partial charge in [-0.2, -0.15) is 10.2 Å². The molecule has 160 valence electrons. The van der Waals surface area contributed by atoms with Crippen molar-refractivity contribution in [1.82, 2.24) is 24.5 Å². The van der Waals surface area contributed by atoms with E-state index in [1.807, 2.05) is 56.6 Å². The zero-order valence-electron chi connectivity index (χ0n) is 18.4. The van der Waals surface area contributed by atoms with Crippen molar-refractivity contribution in [3.8, 4) is 0 Å². The monoisotopic (exact) mass is 418 g/mol. The Morgan fingerprint density at radius 1 is 1.03 bits per heavy atom. The average Bonchev–Trinajstić information content (AvgIpc) is 3.19. The SMILES string of the molecule is COCn1nc(C)c(NC(=O)c2cc(C)nc3c2c(C)nn3Cc2ccccc2)c1C. The lowest BCUT2D eigenvalue weighted by Crippen LogP contribution is -2.15. The number of aryl methyl sites for hydroxylation is 3. The molecule has 31 heavy (non-hydrogen) atoms. The van der Waals surface area contributed by atoms with Gasteiger partial charge in [-0.15, -0.1) is 0 Å². The lowest BCUT2D eigenvalue weighted by atomic mass is 10.1. The fourth-order valence-electron chi connectivity index (χ4n) is 3.83. The summed E-state index contributed by atoms with van der Waals surface area (Å²) in [4.78, 5) is 18.0. The summed E-state index contributed by atoms with van der Waals surface area (Å²) in [5.41, 5.74) is 6.18. The Hall–Kier alpha value is -3.52. The van der Waals surface area contributed by atoms with Gasteiger partial charge in [-0.1, -0.05) is 30.3 Å². The quantitative estimate of drug-likeness (QED) is 0.515. The molecule has 1 amide bonds. The molecule has 0 unspecified atom stereocenters. The van der Waals surface area contributed by atoms with Crippen molar-refractivity contribution in [2.75, 3.05) is 12.4 Å². The molecular formula is C23H26N6O2. The number of anilines is 1. The molecule has 3 heterocycles. The van der Waals surface area contributed by atoms with Gasteiger partial charge in [-0.25, -0.2) is 14.3 Å². The van der Waals surface area contributed by atoms with Crippen LogP contribution in [-0.2, 0) is 18.0 Å². The van der Waals surface area contributed by atoms with Gasteiger partial charge >= 0.3 is 0 Å². The zero-order valence-corrected chi connectivity index (χ0v) is 18.4. The molecule has 0 aliphatic rings. The molecular weight excluding hydrogens is 392 g/mol. The van der Waals surface area contributed by atoms with Crippen LogP contribution in [0.2, 0.25) is 0 Å². The highest BCUT2D eigenvalue weighted by molar-refractivity contribution is 6.13. The fourth-order valence-corrected chi connectivity index (χ4v) is 3.83. The van der Waals surface area contributed by atoms with Gasteiger partial charge in [-0.05, 0) is 39.3 Å². The predicted molar refractivity (Wildman–Crippen MR) is 119 cm³/mol. The van der Waals surface area contributed by atoms with Gasteiger partial charge < -0.3 is 10.1 Å². The Balaban J connectivity index is 1.74. The van der Waals surface area contributed by atoms with Gasteiger partial charge in [-0.3, -0.25) is 4.79 Å². The van der Waals surface area contributed by atoms with Gasteiger partial charge in [0.25, 0.3) is 5.91 Å². The van der Waals surface area contributed by atoms with E-state index in [0.717, 1.165) is 33.7 Å². The number of aromatic nitrogens is 5. The van der Waals surface area contributed by atoms with E-state index >= 15 is 0 Å². The summed E-state index contributed by atoms with van der Waals surface area (Å²) < 4.78 is 8.76. The summed E-state index contributed by atoms with van der Waals surface area (Å²) in [6.07, 6.45) is 0. The first-order valence-electron chi connectivity index (χ1n) is 10.1. The normalized spacial score (nSPS) is 11.3. The molecule has 0 aliphatic carbocycles. The van der Waals surface area contributed by atoms with Crippen molar-refractivity contribution >= 4 is 22.6 Å². The Labute approximate surface area is 180 Å². The summed E-state index contributed by atoms with van der Waals surface area (Å²) in [5.74, 6) is -0.207. The summed E-state index contributed by atoms with van der Waals surface area (Å²) in [6.45, 7) is 8.48. The molecule has 4 aromatic rings. The number of carbonyl (C=O) groups excluding carboxylic acids is 1. The first kappa shape index (κ1) is 20.7. The van der Waals surface area contributed by atoms with Crippen LogP contribution in [0.1, 0.15) is 38.7 Å². The standard InChI is InChI=1S/C23H26N6O2/c1-14-11-19(23(30)25-21-16(3)27-29(13-31-5)17(21)4)20-15(2)26-28(22(20)24-14)12-18-9-7-6-8-10-18/h6-11H,12-13H2,1-5H3,(H,25,30). The number of carbonyl (C=O) groups is 1. The molecule has 0 bridgehead atoms. The molecule has 0 aliphatic heterocycles. The van der Waals surface area contributed by atoms with Gasteiger partial charge in [0.2, 0.25) is 0 Å². The number of rotatable bonds is 6. The van der Waals surface area contributed by atoms with Crippen LogP contribution in [0.5, 0.6) is 0 Å². The summed E-state index contributed by atoms with van der Waals surface area (Å²) in [5, 5.41) is 12.9. The lowest BCUT2D eigenvalue weighted by molar-refractivity contribution is 0.102. The maximum absolute atomic E-state index is 13.3. The van der Waals surface area contributed by atoms with Crippen LogP contribution in [0.15, 0.2) is 36.4 Å². The van der Waals surface area contributed by atoms with E-state index in [9.17, 15) is 4.79 Å². The van der Waals surface area contributed by atoms with E-state index in [1.54, 1.807) is 11.8 Å². The summed E-state index contributed by atoms with van der Waals surface area (Å²) >= 11 is 0. The molecule has 1 N–H and O–H groups in total. The van der Waals surface area contributed by atoms with Crippen LogP contribution in [0.3, 0.4) is 0 Å². The number of ether oxygens (including phenoxy) is 1. The number of hydrogen-bond donors (Lipinski definition) is 1. The lowest BCUT2D eigenvalue weighted by Gasteiger charge is -2.09. The van der Waals surface area contributed by atoms with Crippen molar-refractivity contribution in [2.45, 2.75) is 41.0 Å². The highest BCUT2D eigenvalue weighted by Gasteiger charge is 2.21. The van der Waals surface area contributed by atoms with Crippen molar-refractivity contribution in [1.29, 1.82) is 0 Å². The highest BCUT2D eigenvalue weighted by Crippen LogP contribution is 2.26. The van der Waals surface area contributed by atoms with Crippen LogP contribution in [-0.4, -0.2) is 37.6 Å². The predicted octanol–water partition coefficient (Wildman–Crippen LogP) is 3.77. The Kier molecular flexibility index (Phi) is 5.56. The van der Waals surface area contributed by atoms with Crippen LogP contribution >= 0.6 is 0 Å². The van der Waals surface area contributed by atoms with E-state index in [2.05, 4.69) is 27.6 Å². The molecule has 8 nitrogen and oxygen atoms in total. The third-order valence-electron chi connectivity index (χ3n) is 5.30. The maximum atomic E-state index is 13.3. The second-order valence-electron chi connectivity index (χ2n) is 7.66. The van der Waals surface area contributed by atoms with Crippen molar-refractivity contribution in [3.05, 3.63) is 70.3 Å². The Bertz CT molecular complexity index is 1260. The Morgan fingerprint density at radius 2 is 1.74 bits per heavy atom. The molecule has 0 fully saturated rings. The van der Waals surface area contributed by atoms with E-state index < -0.39 is 0 Å². The minimum Gasteiger partial charge on any atom is -0.362 e. The Morgan fingerprint density at radius 3 is 2.45 bits per heavy atom. The zero-order chi connectivity index (χ0) is 22.1.